The Hall–Kier alpha value is -2.00. The third kappa shape index (κ3) is 7.26. The first-order chi connectivity index (χ1) is 12.4. The largest absolute Gasteiger partial charge is 0.326 e. The lowest BCUT2D eigenvalue weighted by Crippen LogP contribution is -2.28. The third-order valence-corrected chi connectivity index (χ3v) is 5.10. The molecule has 3 N–H and O–H groups in total. The Kier molecular flexibility index (Phi) is 9.37. The summed E-state index contributed by atoms with van der Waals surface area (Å²) in [5.41, 5.74) is 1.65. The van der Waals surface area contributed by atoms with Crippen molar-refractivity contribution in [2.24, 2.45) is 0 Å². The van der Waals surface area contributed by atoms with E-state index < -0.39 is 15.8 Å². The molecule has 2 aromatic carbocycles. The molecule has 148 valence electrons. The topological polar surface area (TPSA) is 87.3 Å². The summed E-state index contributed by atoms with van der Waals surface area (Å²) >= 11 is 0. The van der Waals surface area contributed by atoms with Crippen LogP contribution in [-0.2, 0) is 21.4 Å². The molecule has 0 aliphatic carbocycles. The van der Waals surface area contributed by atoms with Crippen molar-refractivity contribution in [3.05, 3.63) is 59.9 Å². The zero-order valence-electron chi connectivity index (χ0n) is 14.9. The van der Waals surface area contributed by atoms with Gasteiger partial charge in [0.25, 0.3) is 0 Å². The van der Waals surface area contributed by atoms with Gasteiger partial charge in [-0.3, -0.25) is 4.79 Å². The van der Waals surface area contributed by atoms with Crippen molar-refractivity contribution in [3.63, 3.8) is 0 Å². The van der Waals surface area contributed by atoms with Crippen LogP contribution >= 0.6 is 12.4 Å². The highest BCUT2D eigenvalue weighted by Gasteiger charge is 2.14. The van der Waals surface area contributed by atoms with E-state index in [4.69, 9.17) is 0 Å². The van der Waals surface area contributed by atoms with Crippen LogP contribution < -0.4 is 15.4 Å². The molecule has 0 atom stereocenters. The summed E-state index contributed by atoms with van der Waals surface area (Å²) in [4.78, 5) is 12.0. The minimum atomic E-state index is -3.77. The van der Waals surface area contributed by atoms with Gasteiger partial charge in [0.2, 0.25) is 15.9 Å². The van der Waals surface area contributed by atoms with Crippen molar-refractivity contribution < 1.29 is 17.6 Å². The summed E-state index contributed by atoms with van der Waals surface area (Å²) in [5.74, 6) is -0.810. The lowest BCUT2D eigenvalue weighted by atomic mass is 10.1. The second kappa shape index (κ2) is 11.0. The van der Waals surface area contributed by atoms with Gasteiger partial charge in [0, 0.05) is 25.2 Å². The van der Waals surface area contributed by atoms with Gasteiger partial charge in [-0.15, -0.1) is 12.4 Å². The van der Waals surface area contributed by atoms with E-state index in [1.54, 1.807) is 6.07 Å². The first-order valence-corrected chi connectivity index (χ1v) is 9.74. The maximum Gasteiger partial charge on any atom is 0.240 e. The Morgan fingerprint density at radius 3 is 2.41 bits per heavy atom. The normalized spacial score (nSPS) is 10.9. The number of para-hydroxylation sites is 1. The van der Waals surface area contributed by atoms with Crippen LogP contribution in [0, 0.1) is 5.82 Å². The fourth-order valence-corrected chi connectivity index (χ4v) is 3.30. The molecule has 0 aliphatic heterocycles. The highest BCUT2D eigenvalue weighted by Crippen LogP contribution is 2.15. The molecule has 0 bridgehead atoms. The molecule has 0 saturated carbocycles. The van der Waals surface area contributed by atoms with Gasteiger partial charge in [0.1, 0.15) is 5.82 Å². The molecular weight excluding hydrogens is 393 g/mol. The van der Waals surface area contributed by atoms with E-state index in [2.05, 4.69) is 15.4 Å². The highest BCUT2D eigenvalue weighted by atomic mass is 35.5. The van der Waals surface area contributed by atoms with Crippen LogP contribution in [0.15, 0.2) is 53.4 Å². The van der Waals surface area contributed by atoms with Crippen molar-refractivity contribution in [2.45, 2.75) is 24.8 Å². The summed E-state index contributed by atoms with van der Waals surface area (Å²) in [5, 5.41) is 5.98. The minimum Gasteiger partial charge on any atom is -0.326 e. The predicted octanol–water partition coefficient (Wildman–Crippen LogP) is 2.66. The first kappa shape index (κ1) is 23.0. The second-order valence-electron chi connectivity index (χ2n) is 5.59. The average Bonchev–Trinajstić information content (AvgIpc) is 2.61. The number of rotatable bonds is 9. The molecule has 0 saturated heterocycles. The van der Waals surface area contributed by atoms with Crippen molar-refractivity contribution in [2.75, 3.05) is 18.4 Å². The number of benzene rings is 2. The molecule has 2 aromatic rings. The van der Waals surface area contributed by atoms with Crippen LogP contribution in [0.2, 0.25) is 0 Å². The van der Waals surface area contributed by atoms with Crippen LogP contribution in [0.25, 0.3) is 0 Å². The monoisotopic (exact) mass is 415 g/mol. The van der Waals surface area contributed by atoms with E-state index in [9.17, 15) is 17.6 Å². The quantitative estimate of drug-likeness (QED) is 0.587. The number of carbonyl (C=O) groups is 1. The zero-order chi connectivity index (χ0) is 19.0. The summed E-state index contributed by atoms with van der Waals surface area (Å²) in [6.07, 6.45) is -0.0179. The van der Waals surface area contributed by atoms with Gasteiger partial charge in [0.15, 0.2) is 0 Å². The second-order valence-corrected chi connectivity index (χ2v) is 7.35. The van der Waals surface area contributed by atoms with Gasteiger partial charge in [0.05, 0.1) is 4.90 Å². The van der Waals surface area contributed by atoms with Crippen LogP contribution in [0.4, 0.5) is 10.1 Å². The standard InChI is InChI=1S/C18H22FN3O3S.ClH/c1-2-20-13-14-5-3-4-6-17(14)22-18(23)11-12-21-26(24,25)16-9-7-15(19)8-10-16;/h3-10,20-21H,2,11-13H2,1H3,(H,22,23);1H. The van der Waals surface area contributed by atoms with Crippen LogP contribution in [0.3, 0.4) is 0 Å². The number of nitrogens with one attached hydrogen (secondary N) is 3. The lowest BCUT2D eigenvalue weighted by Gasteiger charge is -2.12. The molecule has 1 amide bonds. The Balaban J connectivity index is 0.00000364. The molecule has 0 heterocycles. The number of hydrogen-bond acceptors (Lipinski definition) is 4. The van der Waals surface area contributed by atoms with E-state index in [-0.39, 0.29) is 36.2 Å². The van der Waals surface area contributed by atoms with Gasteiger partial charge in [-0.25, -0.2) is 17.5 Å². The Morgan fingerprint density at radius 1 is 1.07 bits per heavy atom. The van der Waals surface area contributed by atoms with Gasteiger partial charge >= 0.3 is 0 Å². The minimum absolute atomic E-state index is 0. The molecule has 0 fully saturated rings. The van der Waals surface area contributed by atoms with Gasteiger partial charge in [-0.1, -0.05) is 25.1 Å². The van der Waals surface area contributed by atoms with Crippen LogP contribution in [0.1, 0.15) is 18.9 Å². The van der Waals surface area contributed by atoms with Crippen LogP contribution in [0.5, 0.6) is 0 Å². The maximum absolute atomic E-state index is 12.9. The molecule has 0 unspecified atom stereocenters. The Labute approximate surface area is 165 Å². The summed E-state index contributed by atoms with van der Waals surface area (Å²) in [7, 11) is -3.77. The van der Waals surface area contributed by atoms with E-state index in [0.717, 1.165) is 24.2 Å². The number of hydrogen-bond donors (Lipinski definition) is 3. The van der Waals surface area contributed by atoms with E-state index in [0.29, 0.717) is 12.2 Å². The molecule has 0 aromatic heterocycles. The molecular formula is C18H23ClFN3O3S. The molecule has 0 radical (unpaired) electrons. The number of halogens is 2. The first-order valence-electron chi connectivity index (χ1n) is 8.26. The van der Waals surface area contributed by atoms with Crippen molar-refractivity contribution in [1.29, 1.82) is 0 Å². The summed E-state index contributed by atoms with van der Waals surface area (Å²) in [6, 6.07) is 11.9. The zero-order valence-corrected chi connectivity index (χ0v) is 16.5. The highest BCUT2D eigenvalue weighted by molar-refractivity contribution is 7.89. The molecule has 2 rings (SSSR count). The number of carbonyl (C=O) groups excluding carboxylic acids is 1. The van der Waals surface area contributed by atoms with Gasteiger partial charge < -0.3 is 10.6 Å². The molecule has 9 heteroatoms. The molecule has 0 aliphatic rings. The van der Waals surface area contributed by atoms with Crippen molar-refractivity contribution in [1.82, 2.24) is 10.0 Å². The van der Waals surface area contributed by atoms with Gasteiger partial charge in [-0.05, 0) is 42.4 Å². The SMILES string of the molecule is CCNCc1ccccc1NC(=O)CCNS(=O)(=O)c1ccc(F)cc1.Cl. The lowest BCUT2D eigenvalue weighted by molar-refractivity contribution is -0.116. The average molecular weight is 416 g/mol. The van der Waals surface area contributed by atoms with Gasteiger partial charge in [-0.2, -0.15) is 0 Å². The van der Waals surface area contributed by atoms with E-state index in [1.165, 1.54) is 12.1 Å². The summed E-state index contributed by atoms with van der Waals surface area (Å²) in [6.45, 7) is 3.38. The van der Waals surface area contributed by atoms with Crippen LogP contribution in [-0.4, -0.2) is 27.4 Å². The molecule has 0 spiro atoms. The number of amides is 1. The fraction of sp³-hybridized carbons (Fsp3) is 0.278. The number of sulfonamides is 1. The van der Waals surface area contributed by atoms with E-state index in [1.807, 2.05) is 25.1 Å². The van der Waals surface area contributed by atoms with Crippen molar-refractivity contribution in [3.8, 4) is 0 Å². The van der Waals surface area contributed by atoms with Crippen molar-refractivity contribution >= 4 is 34.0 Å². The third-order valence-electron chi connectivity index (χ3n) is 3.62. The smallest absolute Gasteiger partial charge is 0.240 e. The number of anilines is 1. The Morgan fingerprint density at radius 2 is 1.74 bits per heavy atom. The Bertz CT molecular complexity index is 845. The molecule has 6 nitrogen and oxygen atoms in total. The predicted molar refractivity (Wildman–Crippen MR) is 106 cm³/mol. The van der Waals surface area contributed by atoms with E-state index >= 15 is 0 Å². The fourth-order valence-electron chi connectivity index (χ4n) is 2.26. The molecule has 27 heavy (non-hydrogen) atoms. The summed E-state index contributed by atoms with van der Waals surface area (Å²) < 4.78 is 39.4. The maximum atomic E-state index is 12.9.